The summed E-state index contributed by atoms with van der Waals surface area (Å²) in [6, 6.07) is -0.400. The fourth-order valence-corrected chi connectivity index (χ4v) is 3.39. The van der Waals surface area contributed by atoms with Gasteiger partial charge in [-0.2, -0.15) is 0 Å². The molecule has 2 aliphatic rings. The van der Waals surface area contributed by atoms with Crippen LogP contribution in [0.15, 0.2) is 17.1 Å². The van der Waals surface area contributed by atoms with Gasteiger partial charge in [-0.25, -0.2) is 4.79 Å². The second-order valence-electron chi connectivity index (χ2n) is 8.25. The number of rotatable bonds is 5. The Labute approximate surface area is 157 Å². The van der Waals surface area contributed by atoms with Crippen molar-refractivity contribution in [3.63, 3.8) is 0 Å². The minimum Gasteiger partial charge on any atom is -0.444 e. The van der Waals surface area contributed by atoms with Crippen molar-refractivity contribution in [3.8, 4) is 0 Å². The molecule has 6 nitrogen and oxygen atoms in total. The zero-order chi connectivity index (χ0) is 19.2. The summed E-state index contributed by atoms with van der Waals surface area (Å²) in [5.74, 6) is 0.490. The van der Waals surface area contributed by atoms with Crippen LogP contribution in [0, 0.1) is 5.92 Å². The maximum absolute atomic E-state index is 12.9. The zero-order valence-electron chi connectivity index (χ0n) is 16.6. The van der Waals surface area contributed by atoms with Gasteiger partial charge in [-0.05, 0) is 64.9 Å². The van der Waals surface area contributed by atoms with E-state index in [1.165, 1.54) is 0 Å². The number of nitrogens with zero attached hydrogens (tertiary/aromatic N) is 3. The van der Waals surface area contributed by atoms with E-state index in [2.05, 4.69) is 11.1 Å². The predicted octanol–water partition coefficient (Wildman–Crippen LogP) is 3.27. The summed E-state index contributed by atoms with van der Waals surface area (Å²) >= 11 is 0. The summed E-state index contributed by atoms with van der Waals surface area (Å²) in [6.07, 6.45) is 10.2. The molecule has 0 bridgehead atoms. The Kier molecular flexibility index (Phi) is 7.23. The summed E-state index contributed by atoms with van der Waals surface area (Å²) in [6.45, 7) is 7.67. The average Bonchev–Trinajstić information content (AvgIpc) is 2.60. The van der Waals surface area contributed by atoms with Crippen LogP contribution in [0.1, 0.15) is 52.9 Å². The molecule has 0 aromatic heterocycles. The highest BCUT2D eigenvalue weighted by atomic mass is 16.6. The van der Waals surface area contributed by atoms with E-state index >= 15 is 0 Å². The number of carbonyl (C=O) groups excluding carboxylic acids is 2. The summed E-state index contributed by atoms with van der Waals surface area (Å²) in [4.78, 5) is 33.0. The van der Waals surface area contributed by atoms with E-state index in [9.17, 15) is 9.59 Å². The van der Waals surface area contributed by atoms with Crippen molar-refractivity contribution in [2.75, 3.05) is 26.7 Å². The first-order valence-electron chi connectivity index (χ1n) is 9.69. The van der Waals surface area contributed by atoms with Crippen molar-refractivity contribution in [2.24, 2.45) is 10.9 Å². The first-order chi connectivity index (χ1) is 12.3. The number of hydrogen-bond acceptors (Lipinski definition) is 4. The van der Waals surface area contributed by atoms with Gasteiger partial charge in [0.1, 0.15) is 11.6 Å². The summed E-state index contributed by atoms with van der Waals surface area (Å²) < 4.78 is 5.49. The molecule has 0 aliphatic carbocycles. The minimum absolute atomic E-state index is 0.0211. The van der Waals surface area contributed by atoms with Gasteiger partial charge in [-0.1, -0.05) is 6.08 Å². The molecule has 0 saturated carbocycles. The topological polar surface area (TPSA) is 62.2 Å². The lowest BCUT2D eigenvalue weighted by atomic mass is 10.00. The summed E-state index contributed by atoms with van der Waals surface area (Å²) in [7, 11) is 1.83. The molecule has 0 radical (unpaired) electrons. The second kappa shape index (κ2) is 9.19. The highest BCUT2D eigenvalue weighted by molar-refractivity contribution is 5.85. The number of allylic oxidation sites excluding steroid dienone is 1. The summed E-state index contributed by atoms with van der Waals surface area (Å²) in [5.41, 5.74) is -0.552. The molecule has 2 unspecified atom stereocenters. The van der Waals surface area contributed by atoms with Crippen molar-refractivity contribution >= 4 is 18.2 Å². The Bertz CT molecular complexity index is 551. The fourth-order valence-electron chi connectivity index (χ4n) is 3.39. The predicted molar refractivity (Wildman–Crippen MR) is 103 cm³/mol. The normalized spacial score (nSPS) is 23.0. The molecule has 2 aliphatic heterocycles. The third kappa shape index (κ3) is 6.15. The smallest absolute Gasteiger partial charge is 0.410 e. The maximum Gasteiger partial charge on any atom is 0.410 e. The number of amides is 2. The van der Waals surface area contributed by atoms with E-state index in [1.54, 1.807) is 9.80 Å². The number of piperidine rings is 1. The Balaban J connectivity index is 1.86. The molecule has 146 valence electrons. The third-order valence-corrected chi connectivity index (χ3v) is 4.78. The third-order valence-electron chi connectivity index (χ3n) is 4.78. The number of aliphatic imine (C=N–C) groups is 1. The minimum atomic E-state index is -0.552. The molecule has 1 fully saturated rings. The van der Waals surface area contributed by atoms with E-state index in [-0.39, 0.29) is 12.0 Å². The standard InChI is InChI=1S/C20H33N3O3/c1-20(2,3)26-19(25)23-14-6-5-11-17(23)18(24)22(4)13-8-10-16-9-7-12-21-15-16/h7,9,12,16-17H,5-6,8,10-11,13-15H2,1-4H3. The summed E-state index contributed by atoms with van der Waals surface area (Å²) in [5, 5.41) is 0. The molecule has 2 amide bonds. The molecule has 2 atom stereocenters. The van der Waals surface area contributed by atoms with Crippen LogP contribution >= 0.6 is 0 Å². The highest BCUT2D eigenvalue weighted by Crippen LogP contribution is 2.22. The number of ether oxygens (including phenoxy) is 1. The number of carbonyl (C=O) groups is 2. The van der Waals surface area contributed by atoms with E-state index < -0.39 is 11.6 Å². The van der Waals surface area contributed by atoms with Gasteiger partial charge >= 0.3 is 6.09 Å². The molecule has 2 heterocycles. The monoisotopic (exact) mass is 363 g/mol. The van der Waals surface area contributed by atoms with Crippen molar-refractivity contribution in [1.29, 1.82) is 0 Å². The Morgan fingerprint density at radius 1 is 1.31 bits per heavy atom. The van der Waals surface area contributed by atoms with E-state index in [0.29, 0.717) is 25.4 Å². The quantitative estimate of drug-likeness (QED) is 0.753. The van der Waals surface area contributed by atoms with Crippen LogP contribution in [0.4, 0.5) is 4.79 Å². The van der Waals surface area contributed by atoms with Crippen molar-refractivity contribution in [2.45, 2.75) is 64.5 Å². The van der Waals surface area contributed by atoms with Gasteiger partial charge < -0.3 is 9.64 Å². The van der Waals surface area contributed by atoms with Gasteiger partial charge in [0, 0.05) is 32.9 Å². The molecule has 1 saturated heterocycles. The molecule has 26 heavy (non-hydrogen) atoms. The Morgan fingerprint density at radius 3 is 2.73 bits per heavy atom. The van der Waals surface area contributed by atoms with Gasteiger partial charge in [0.2, 0.25) is 5.91 Å². The molecule has 0 spiro atoms. The van der Waals surface area contributed by atoms with Crippen LogP contribution in [-0.4, -0.2) is 66.3 Å². The van der Waals surface area contributed by atoms with Gasteiger partial charge in [0.25, 0.3) is 0 Å². The lowest BCUT2D eigenvalue weighted by molar-refractivity contribution is -0.136. The molecule has 0 aromatic rings. The van der Waals surface area contributed by atoms with Crippen LogP contribution in [0.25, 0.3) is 0 Å². The van der Waals surface area contributed by atoms with Crippen LogP contribution in [0.5, 0.6) is 0 Å². The molecule has 6 heteroatoms. The molecule has 0 aromatic carbocycles. The van der Waals surface area contributed by atoms with Gasteiger partial charge in [0.15, 0.2) is 0 Å². The Morgan fingerprint density at radius 2 is 2.08 bits per heavy atom. The van der Waals surface area contributed by atoms with Crippen LogP contribution < -0.4 is 0 Å². The van der Waals surface area contributed by atoms with Gasteiger partial charge in [-0.3, -0.25) is 14.7 Å². The first kappa shape index (κ1) is 20.5. The highest BCUT2D eigenvalue weighted by Gasteiger charge is 2.36. The van der Waals surface area contributed by atoms with Crippen LogP contribution in [0.2, 0.25) is 0 Å². The number of likely N-dealkylation sites (tertiary alicyclic amines) is 1. The van der Waals surface area contributed by atoms with Gasteiger partial charge in [-0.15, -0.1) is 0 Å². The van der Waals surface area contributed by atoms with Crippen molar-refractivity contribution in [3.05, 3.63) is 12.2 Å². The van der Waals surface area contributed by atoms with E-state index in [4.69, 9.17) is 4.74 Å². The van der Waals surface area contributed by atoms with Crippen molar-refractivity contribution < 1.29 is 14.3 Å². The number of hydrogen-bond donors (Lipinski definition) is 0. The lowest BCUT2D eigenvalue weighted by Crippen LogP contribution is -2.53. The van der Waals surface area contributed by atoms with Gasteiger partial charge in [0.05, 0.1) is 0 Å². The largest absolute Gasteiger partial charge is 0.444 e. The number of likely N-dealkylation sites (N-methyl/N-ethyl adjacent to an activating group) is 1. The lowest BCUT2D eigenvalue weighted by Gasteiger charge is -2.37. The molecular formula is C20H33N3O3. The number of dihydropyridines is 1. The van der Waals surface area contributed by atoms with Crippen molar-refractivity contribution in [1.82, 2.24) is 9.80 Å². The molecule has 2 rings (SSSR count). The van der Waals surface area contributed by atoms with Crippen LogP contribution in [-0.2, 0) is 9.53 Å². The second-order valence-corrected chi connectivity index (χ2v) is 8.25. The maximum atomic E-state index is 12.9. The van der Waals surface area contributed by atoms with E-state index in [0.717, 1.165) is 32.2 Å². The Hall–Kier alpha value is -1.85. The van der Waals surface area contributed by atoms with Crippen LogP contribution in [0.3, 0.4) is 0 Å². The average molecular weight is 364 g/mol. The first-order valence-corrected chi connectivity index (χ1v) is 9.69. The van der Waals surface area contributed by atoms with E-state index in [1.807, 2.05) is 40.1 Å². The zero-order valence-corrected chi connectivity index (χ0v) is 16.6. The molecular weight excluding hydrogens is 330 g/mol. The SMILES string of the molecule is CN(CCCC1C=CC=NC1)C(=O)C1CCCCN1C(=O)OC(C)(C)C. The fraction of sp³-hybridized carbons (Fsp3) is 0.750. The molecule has 0 N–H and O–H groups in total.